The number of carbonyl (C=O) groups excluding carboxylic acids is 3. The minimum Gasteiger partial charge on any atom is -0.469 e. The number of esters is 2. The number of hydrogen-bond acceptors (Lipinski definition) is 5. The van der Waals surface area contributed by atoms with E-state index in [4.69, 9.17) is 4.74 Å². The van der Waals surface area contributed by atoms with E-state index < -0.39 is 0 Å². The highest BCUT2D eigenvalue weighted by Crippen LogP contribution is 2.36. The molecule has 0 amide bonds. The summed E-state index contributed by atoms with van der Waals surface area (Å²) in [6.45, 7) is 3.59. The van der Waals surface area contributed by atoms with Crippen molar-refractivity contribution in [2.24, 2.45) is 5.92 Å². The van der Waals surface area contributed by atoms with Crippen molar-refractivity contribution in [2.45, 2.75) is 77.2 Å². The molecule has 0 aromatic heterocycles. The SMILES string of the molecule is CCCCC[C@@H](OC(C)=O)c1ccc([C@H]2C(=O)C=C[C@@H]2C/C=C\CCCC(=O)OC)cc1. The Labute approximate surface area is 191 Å². The van der Waals surface area contributed by atoms with E-state index in [-0.39, 0.29) is 35.7 Å². The molecule has 1 aliphatic rings. The van der Waals surface area contributed by atoms with Crippen molar-refractivity contribution in [3.63, 3.8) is 0 Å². The first kappa shape index (κ1) is 25.6. The molecule has 5 nitrogen and oxygen atoms in total. The van der Waals surface area contributed by atoms with Gasteiger partial charge in [0.2, 0.25) is 0 Å². The highest BCUT2D eigenvalue weighted by molar-refractivity contribution is 5.98. The molecule has 5 heteroatoms. The molecule has 0 heterocycles. The maximum Gasteiger partial charge on any atom is 0.305 e. The molecule has 0 bridgehead atoms. The lowest BCUT2D eigenvalue weighted by atomic mass is 9.85. The summed E-state index contributed by atoms with van der Waals surface area (Å²) in [7, 11) is 1.40. The summed E-state index contributed by atoms with van der Waals surface area (Å²) in [5.41, 5.74) is 1.96. The van der Waals surface area contributed by atoms with Crippen molar-refractivity contribution < 1.29 is 23.9 Å². The van der Waals surface area contributed by atoms with Gasteiger partial charge in [0, 0.05) is 13.3 Å². The van der Waals surface area contributed by atoms with E-state index in [0.717, 1.165) is 56.1 Å². The van der Waals surface area contributed by atoms with E-state index in [0.29, 0.717) is 6.42 Å². The molecule has 3 atom stereocenters. The van der Waals surface area contributed by atoms with Crippen LogP contribution in [0.4, 0.5) is 0 Å². The van der Waals surface area contributed by atoms with Crippen molar-refractivity contribution >= 4 is 17.7 Å². The lowest BCUT2D eigenvalue weighted by Crippen LogP contribution is -2.14. The molecular formula is C27H36O5. The predicted octanol–water partition coefficient (Wildman–Crippen LogP) is 6.00. The number of ketones is 1. The Kier molecular flexibility index (Phi) is 10.9. The van der Waals surface area contributed by atoms with Gasteiger partial charge in [0.15, 0.2) is 5.78 Å². The number of hydrogen-bond donors (Lipinski definition) is 0. The van der Waals surface area contributed by atoms with Crippen LogP contribution in [0.5, 0.6) is 0 Å². The van der Waals surface area contributed by atoms with Crippen LogP contribution in [0.3, 0.4) is 0 Å². The summed E-state index contributed by atoms with van der Waals surface area (Å²) >= 11 is 0. The van der Waals surface area contributed by atoms with Crippen LogP contribution in [-0.4, -0.2) is 24.8 Å². The first-order chi connectivity index (χ1) is 15.5. The molecule has 1 aromatic rings. The Morgan fingerprint density at radius 2 is 1.84 bits per heavy atom. The van der Waals surface area contributed by atoms with Gasteiger partial charge in [-0.05, 0) is 55.2 Å². The van der Waals surface area contributed by atoms with Crippen LogP contribution < -0.4 is 0 Å². The van der Waals surface area contributed by atoms with E-state index in [2.05, 4.69) is 23.8 Å². The molecule has 0 unspecified atom stereocenters. The molecular weight excluding hydrogens is 404 g/mol. The summed E-state index contributed by atoms with van der Waals surface area (Å²) in [6, 6.07) is 7.96. The largest absolute Gasteiger partial charge is 0.469 e. The first-order valence-corrected chi connectivity index (χ1v) is 11.7. The van der Waals surface area contributed by atoms with Gasteiger partial charge in [0.05, 0.1) is 13.0 Å². The summed E-state index contributed by atoms with van der Waals surface area (Å²) in [5, 5.41) is 0. The molecule has 0 N–H and O–H groups in total. The lowest BCUT2D eigenvalue weighted by Gasteiger charge is -2.20. The smallest absolute Gasteiger partial charge is 0.305 e. The number of carbonyl (C=O) groups is 3. The van der Waals surface area contributed by atoms with Crippen molar-refractivity contribution in [3.8, 4) is 0 Å². The zero-order chi connectivity index (χ0) is 23.3. The highest BCUT2D eigenvalue weighted by atomic mass is 16.5. The Morgan fingerprint density at radius 1 is 1.09 bits per heavy atom. The number of ether oxygens (including phenoxy) is 2. The van der Waals surface area contributed by atoms with Crippen LogP contribution in [0, 0.1) is 5.92 Å². The average molecular weight is 441 g/mol. The second-order valence-electron chi connectivity index (χ2n) is 8.34. The summed E-state index contributed by atoms with van der Waals surface area (Å²) < 4.78 is 10.2. The Bertz CT molecular complexity index is 806. The Balaban J connectivity index is 1.98. The quantitative estimate of drug-likeness (QED) is 0.214. The molecule has 1 aliphatic carbocycles. The van der Waals surface area contributed by atoms with Crippen LogP contribution in [0.1, 0.15) is 88.4 Å². The first-order valence-electron chi connectivity index (χ1n) is 11.7. The molecule has 0 fully saturated rings. The van der Waals surface area contributed by atoms with Crippen molar-refractivity contribution in [3.05, 3.63) is 59.7 Å². The summed E-state index contributed by atoms with van der Waals surface area (Å²) in [6.07, 6.45) is 14.4. The second kappa shape index (κ2) is 13.7. The molecule has 1 aromatic carbocycles. The second-order valence-corrected chi connectivity index (χ2v) is 8.34. The number of rotatable bonds is 13. The van der Waals surface area contributed by atoms with Crippen LogP contribution >= 0.6 is 0 Å². The fourth-order valence-electron chi connectivity index (χ4n) is 4.10. The monoisotopic (exact) mass is 440 g/mol. The number of methoxy groups -OCH3 is 1. The lowest BCUT2D eigenvalue weighted by molar-refractivity contribution is -0.147. The number of benzene rings is 1. The van der Waals surface area contributed by atoms with Gasteiger partial charge in [-0.15, -0.1) is 0 Å². The Morgan fingerprint density at radius 3 is 2.50 bits per heavy atom. The van der Waals surface area contributed by atoms with Gasteiger partial charge < -0.3 is 9.47 Å². The van der Waals surface area contributed by atoms with Gasteiger partial charge in [-0.25, -0.2) is 0 Å². The molecule has 0 saturated heterocycles. The molecule has 0 aliphatic heterocycles. The number of allylic oxidation sites excluding steroid dienone is 4. The fraction of sp³-hybridized carbons (Fsp3) is 0.519. The average Bonchev–Trinajstić information content (AvgIpc) is 3.15. The van der Waals surface area contributed by atoms with Gasteiger partial charge in [-0.3, -0.25) is 14.4 Å². The van der Waals surface area contributed by atoms with Crippen LogP contribution in [0.25, 0.3) is 0 Å². The minimum atomic E-state index is -0.274. The van der Waals surface area contributed by atoms with Crippen LogP contribution in [-0.2, 0) is 23.9 Å². The maximum absolute atomic E-state index is 12.5. The molecule has 0 spiro atoms. The van der Waals surface area contributed by atoms with Gasteiger partial charge in [-0.1, -0.05) is 62.3 Å². The van der Waals surface area contributed by atoms with E-state index in [1.165, 1.54) is 14.0 Å². The molecule has 32 heavy (non-hydrogen) atoms. The van der Waals surface area contributed by atoms with Crippen molar-refractivity contribution in [1.29, 1.82) is 0 Å². The zero-order valence-electron chi connectivity index (χ0n) is 19.5. The third-order valence-electron chi connectivity index (χ3n) is 5.84. The standard InChI is InChI=1S/C27H36O5/c1-4-5-8-12-25(32-20(2)28)21-14-16-23(17-15-21)27-22(18-19-24(27)29)11-9-6-7-10-13-26(30)31-3/h6,9,14-19,22,25,27H,4-5,7-8,10-13H2,1-3H3/b9-6-/t22-,25+,27-/m0/s1. The molecule has 0 saturated carbocycles. The minimum absolute atomic E-state index is 0.124. The predicted molar refractivity (Wildman–Crippen MR) is 125 cm³/mol. The third-order valence-corrected chi connectivity index (χ3v) is 5.84. The fourth-order valence-corrected chi connectivity index (χ4v) is 4.10. The van der Waals surface area contributed by atoms with Crippen LogP contribution in [0.15, 0.2) is 48.6 Å². The van der Waals surface area contributed by atoms with Gasteiger partial charge in [0.1, 0.15) is 6.10 Å². The summed E-state index contributed by atoms with van der Waals surface area (Å²) in [4.78, 5) is 35.2. The highest BCUT2D eigenvalue weighted by Gasteiger charge is 2.30. The van der Waals surface area contributed by atoms with E-state index in [9.17, 15) is 14.4 Å². The van der Waals surface area contributed by atoms with E-state index in [1.54, 1.807) is 6.08 Å². The third kappa shape index (κ3) is 8.10. The zero-order valence-corrected chi connectivity index (χ0v) is 19.5. The van der Waals surface area contributed by atoms with Gasteiger partial charge in [0.25, 0.3) is 0 Å². The van der Waals surface area contributed by atoms with Gasteiger partial charge in [-0.2, -0.15) is 0 Å². The van der Waals surface area contributed by atoms with E-state index >= 15 is 0 Å². The maximum atomic E-state index is 12.5. The van der Waals surface area contributed by atoms with Crippen molar-refractivity contribution in [1.82, 2.24) is 0 Å². The molecule has 0 radical (unpaired) electrons. The number of unbranched alkanes of at least 4 members (excludes halogenated alkanes) is 3. The Hall–Kier alpha value is -2.69. The topological polar surface area (TPSA) is 69.7 Å². The molecule has 174 valence electrons. The van der Waals surface area contributed by atoms with Crippen molar-refractivity contribution in [2.75, 3.05) is 7.11 Å². The van der Waals surface area contributed by atoms with E-state index in [1.807, 2.05) is 30.3 Å². The summed E-state index contributed by atoms with van der Waals surface area (Å²) in [5.74, 6) is -0.395. The van der Waals surface area contributed by atoms with Crippen LogP contribution in [0.2, 0.25) is 0 Å². The normalized spacial score (nSPS) is 18.8. The molecule has 2 rings (SSSR count). The van der Waals surface area contributed by atoms with Gasteiger partial charge >= 0.3 is 11.9 Å².